The first-order valence-electron chi connectivity index (χ1n) is 12.5. The highest BCUT2D eigenvalue weighted by molar-refractivity contribution is 5.83. The number of amides is 1. The lowest BCUT2D eigenvalue weighted by atomic mass is 9.82. The molecular formula is C29H30F3N3O2. The average molecular weight is 510 g/mol. The van der Waals surface area contributed by atoms with Gasteiger partial charge in [-0.05, 0) is 54.8 Å². The first-order chi connectivity index (χ1) is 17.8. The predicted molar refractivity (Wildman–Crippen MR) is 138 cm³/mol. The molecule has 1 fully saturated rings. The van der Waals surface area contributed by atoms with Gasteiger partial charge in [-0.15, -0.1) is 0 Å². The summed E-state index contributed by atoms with van der Waals surface area (Å²) in [5.74, 6) is 0.0802. The lowest BCUT2D eigenvalue weighted by Crippen LogP contribution is -2.61. The second kappa shape index (κ2) is 10.00. The van der Waals surface area contributed by atoms with Crippen molar-refractivity contribution in [2.45, 2.75) is 31.6 Å². The van der Waals surface area contributed by atoms with Gasteiger partial charge in [0, 0.05) is 25.3 Å². The zero-order valence-corrected chi connectivity index (χ0v) is 20.8. The van der Waals surface area contributed by atoms with E-state index in [9.17, 15) is 18.0 Å². The van der Waals surface area contributed by atoms with Gasteiger partial charge in [0.05, 0.1) is 36.4 Å². The molecule has 2 aliphatic rings. The highest BCUT2D eigenvalue weighted by Gasteiger charge is 2.43. The Balaban J connectivity index is 1.48. The minimum atomic E-state index is -4.44. The molecule has 2 heterocycles. The second-order valence-corrected chi connectivity index (χ2v) is 9.67. The molecule has 194 valence electrons. The SMILES string of the molecule is COc1ccccc1N1CCN2c3ccc(C(F)(F)F)cc3C[C@H](C(=O)N[C@H](C)c3ccccc3)[C@H]2C1. The topological polar surface area (TPSA) is 44.8 Å². The van der Waals surface area contributed by atoms with Gasteiger partial charge in [-0.2, -0.15) is 13.2 Å². The van der Waals surface area contributed by atoms with Crippen LogP contribution in [0.15, 0.2) is 72.8 Å². The molecule has 5 rings (SSSR count). The van der Waals surface area contributed by atoms with Crippen molar-refractivity contribution in [3.05, 3.63) is 89.5 Å². The van der Waals surface area contributed by atoms with Crippen molar-refractivity contribution in [1.82, 2.24) is 5.32 Å². The molecule has 37 heavy (non-hydrogen) atoms. The number of ether oxygens (including phenoxy) is 1. The first-order valence-corrected chi connectivity index (χ1v) is 12.5. The van der Waals surface area contributed by atoms with Crippen LogP contribution in [0.25, 0.3) is 0 Å². The van der Waals surface area contributed by atoms with Crippen LogP contribution >= 0.6 is 0 Å². The van der Waals surface area contributed by atoms with Gasteiger partial charge in [-0.3, -0.25) is 4.79 Å². The van der Waals surface area contributed by atoms with Crippen molar-refractivity contribution in [2.24, 2.45) is 5.92 Å². The molecule has 0 bridgehead atoms. The van der Waals surface area contributed by atoms with Crippen molar-refractivity contribution in [2.75, 3.05) is 36.5 Å². The molecule has 3 aromatic carbocycles. The van der Waals surface area contributed by atoms with Gasteiger partial charge in [0.1, 0.15) is 5.75 Å². The van der Waals surface area contributed by atoms with E-state index in [1.807, 2.05) is 61.5 Å². The van der Waals surface area contributed by atoms with Gasteiger partial charge in [0.25, 0.3) is 0 Å². The van der Waals surface area contributed by atoms with Crippen LogP contribution in [0.1, 0.15) is 29.7 Å². The molecule has 0 aromatic heterocycles. The number of rotatable bonds is 5. The minimum absolute atomic E-state index is 0.156. The minimum Gasteiger partial charge on any atom is -0.495 e. The van der Waals surface area contributed by atoms with Crippen LogP contribution in [0.4, 0.5) is 24.5 Å². The van der Waals surface area contributed by atoms with E-state index in [0.29, 0.717) is 25.2 Å². The number of carbonyl (C=O) groups is 1. The summed E-state index contributed by atoms with van der Waals surface area (Å²) in [7, 11) is 1.63. The maximum absolute atomic E-state index is 13.7. The summed E-state index contributed by atoms with van der Waals surface area (Å²) >= 11 is 0. The Morgan fingerprint density at radius 3 is 2.46 bits per heavy atom. The predicted octanol–water partition coefficient (Wildman–Crippen LogP) is 5.46. The molecule has 3 aromatic rings. The van der Waals surface area contributed by atoms with Crippen LogP contribution in [0.3, 0.4) is 0 Å². The maximum atomic E-state index is 13.7. The Labute approximate surface area is 214 Å². The smallest absolute Gasteiger partial charge is 0.416 e. The molecule has 0 unspecified atom stereocenters. The van der Waals surface area contributed by atoms with E-state index < -0.39 is 17.7 Å². The molecule has 8 heteroatoms. The highest BCUT2D eigenvalue weighted by Crippen LogP contribution is 2.41. The fourth-order valence-electron chi connectivity index (χ4n) is 5.55. The van der Waals surface area contributed by atoms with Gasteiger partial charge in [0.2, 0.25) is 5.91 Å². The molecule has 5 nitrogen and oxygen atoms in total. The number of fused-ring (bicyclic) bond motifs is 3. The quantitative estimate of drug-likeness (QED) is 0.496. The number of methoxy groups -OCH3 is 1. The largest absolute Gasteiger partial charge is 0.495 e. The lowest BCUT2D eigenvalue weighted by Gasteiger charge is -2.50. The van der Waals surface area contributed by atoms with Crippen molar-refractivity contribution < 1.29 is 22.7 Å². The summed E-state index contributed by atoms with van der Waals surface area (Å²) in [5, 5.41) is 3.12. The normalized spacial score (nSPS) is 20.0. The molecule has 0 spiro atoms. The fraction of sp³-hybridized carbons (Fsp3) is 0.345. The Morgan fingerprint density at radius 2 is 1.73 bits per heavy atom. The summed E-state index contributed by atoms with van der Waals surface area (Å²) in [6, 6.07) is 20.9. The van der Waals surface area contributed by atoms with Gasteiger partial charge in [-0.1, -0.05) is 42.5 Å². The van der Waals surface area contributed by atoms with E-state index >= 15 is 0 Å². The number of nitrogens with one attached hydrogen (secondary N) is 1. The van der Waals surface area contributed by atoms with Crippen LogP contribution < -0.4 is 19.9 Å². The summed E-state index contributed by atoms with van der Waals surface area (Å²) in [4.78, 5) is 18.0. The van der Waals surface area contributed by atoms with Crippen LogP contribution in [-0.4, -0.2) is 38.7 Å². The van der Waals surface area contributed by atoms with Crippen molar-refractivity contribution >= 4 is 17.3 Å². The molecule has 2 aliphatic heterocycles. The molecule has 0 aliphatic carbocycles. The number of halogens is 3. The molecular weight excluding hydrogens is 479 g/mol. The Hall–Kier alpha value is -3.68. The number of hydrogen-bond donors (Lipinski definition) is 1. The van der Waals surface area contributed by atoms with Crippen LogP contribution in [0, 0.1) is 5.92 Å². The summed E-state index contributed by atoms with van der Waals surface area (Å²) in [6.07, 6.45) is -4.19. The van der Waals surface area contributed by atoms with Crippen molar-refractivity contribution in [3.63, 3.8) is 0 Å². The number of carbonyl (C=O) groups excluding carboxylic acids is 1. The van der Waals surface area contributed by atoms with E-state index in [1.54, 1.807) is 13.2 Å². The number of benzene rings is 3. The number of hydrogen-bond acceptors (Lipinski definition) is 4. The molecule has 1 saturated heterocycles. The van der Waals surface area contributed by atoms with Gasteiger partial charge >= 0.3 is 6.18 Å². The standard InChI is InChI=1S/C29H30F3N3O2/c1-19(20-8-4-3-5-9-20)33-28(36)23-17-21-16-22(29(30,31)32)12-13-24(21)35-15-14-34(18-26(23)35)25-10-6-7-11-27(25)37-2/h3-13,16,19,23,26H,14-15,17-18H2,1-2H3,(H,33,36)/t19-,23+,26-/m1/s1. The third-order valence-electron chi connectivity index (χ3n) is 7.46. The molecule has 0 saturated carbocycles. The summed E-state index contributed by atoms with van der Waals surface area (Å²) in [5.41, 5.74) is 2.57. The molecule has 3 atom stereocenters. The number of anilines is 2. The van der Waals surface area contributed by atoms with Crippen LogP contribution in [0.2, 0.25) is 0 Å². The lowest BCUT2D eigenvalue weighted by molar-refractivity contribution is -0.137. The summed E-state index contributed by atoms with van der Waals surface area (Å²) in [6.45, 7) is 3.72. The summed E-state index contributed by atoms with van der Waals surface area (Å²) < 4.78 is 46.1. The Morgan fingerprint density at radius 1 is 1.00 bits per heavy atom. The van der Waals surface area contributed by atoms with Crippen molar-refractivity contribution in [1.29, 1.82) is 0 Å². The zero-order valence-electron chi connectivity index (χ0n) is 20.8. The second-order valence-electron chi connectivity index (χ2n) is 9.67. The Kier molecular flexibility index (Phi) is 6.75. The first kappa shape index (κ1) is 25.0. The molecule has 1 amide bonds. The third kappa shape index (κ3) is 4.97. The monoisotopic (exact) mass is 509 g/mol. The van der Waals surface area contributed by atoms with E-state index in [0.717, 1.165) is 28.8 Å². The number of para-hydroxylation sites is 2. The highest BCUT2D eigenvalue weighted by atomic mass is 19.4. The number of nitrogens with zero attached hydrogens (tertiary/aromatic N) is 2. The van der Waals surface area contributed by atoms with E-state index in [4.69, 9.17) is 4.74 Å². The molecule has 0 radical (unpaired) electrons. The zero-order chi connectivity index (χ0) is 26.2. The maximum Gasteiger partial charge on any atom is 0.416 e. The van der Waals surface area contributed by atoms with Gasteiger partial charge in [-0.25, -0.2) is 0 Å². The van der Waals surface area contributed by atoms with Crippen LogP contribution in [-0.2, 0) is 17.4 Å². The third-order valence-corrected chi connectivity index (χ3v) is 7.46. The molecule has 1 N–H and O–H groups in total. The van der Waals surface area contributed by atoms with Gasteiger partial charge in [0.15, 0.2) is 0 Å². The average Bonchev–Trinajstić information content (AvgIpc) is 2.91. The number of piperazine rings is 1. The van der Waals surface area contributed by atoms with E-state index in [-0.39, 0.29) is 24.4 Å². The van der Waals surface area contributed by atoms with Gasteiger partial charge < -0.3 is 19.9 Å². The number of alkyl halides is 3. The van der Waals surface area contributed by atoms with E-state index in [1.165, 1.54) is 6.07 Å². The van der Waals surface area contributed by atoms with Crippen LogP contribution in [0.5, 0.6) is 5.75 Å². The van der Waals surface area contributed by atoms with Crippen molar-refractivity contribution in [3.8, 4) is 5.75 Å². The van der Waals surface area contributed by atoms with E-state index in [2.05, 4.69) is 15.1 Å². The Bertz CT molecular complexity index is 1260. The fourth-order valence-corrected chi connectivity index (χ4v) is 5.55.